The lowest BCUT2D eigenvalue weighted by atomic mass is 9.92. The first kappa shape index (κ1) is 61.3. The van der Waals surface area contributed by atoms with Gasteiger partial charge < -0.3 is 0 Å². The largest absolute Gasteiger partial charge is 0.180 e. The molecule has 102 heavy (non-hydrogen) atoms. The summed E-state index contributed by atoms with van der Waals surface area (Å²) >= 11 is 0. The fraction of sp³-hybridized carbons (Fsp3) is 0.0303. The molecule has 0 unspecified atom stereocenters. The minimum absolute atomic E-state index is 1.30. The third kappa shape index (κ3) is 9.04. The summed E-state index contributed by atoms with van der Waals surface area (Å²) in [6.45, 7) is 6.69. The van der Waals surface area contributed by atoms with E-state index in [0.29, 0.717) is 0 Å². The van der Waals surface area contributed by atoms with Gasteiger partial charge in [0.05, 0.1) is 0 Å². The maximum absolute atomic E-state index is 2.51. The lowest BCUT2D eigenvalue weighted by Crippen LogP contribution is -2.72. The van der Waals surface area contributed by atoms with Gasteiger partial charge in [-0.2, -0.15) is 0 Å². The van der Waals surface area contributed by atoms with Crippen LogP contribution < -0.4 is 62.2 Å². The highest BCUT2D eigenvalue weighted by Gasteiger charge is 2.53. The topological polar surface area (TPSA) is 0 Å². The number of benzene rings is 18. The van der Waals surface area contributed by atoms with E-state index in [9.17, 15) is 0 Å². The predicted octanol–water partition coefficient (Wildman–Crippen LogP) is 17.0. The van der Waals surface area contributed by atoms with E-state index >= 15 is 0 Å². The molecule has 0 saturated carbocycles. The van der Waals surface area contributed by atoms with E-state index in [1.807, 2.05) is 0 Å². The van der Waals surface area contributed by atoms with Crippen molar-refractivity contribution < 1.29 is 0 Å². The number of aryl methyl sites for hydroxylation is 3. The highest BCUT2D eigenvalue weighted by atomic mass is 28.3. The molecule has 0 amide bonds. The van der Waals surface area contributed by atoms with E-state index in [0.717, 1.165) is 0 Å². The van der Waals surface area contributed by atoms with E-state index in [1.54, 1.807) is 0 Å². The zero-order chi connectivity index (χ0) is 68.1. The fourth-order valence-corrected chi connectivity index (χ4v) is 34.4. The van der Waals surface area contributed by atoms with Crippen LogP contribution in [0.1, 0.15) is 16.7 Å². The monoisotopic (exact) mass is 1340 g/mol. The van der Waals surface area contributed by atoms with Crippen molar-refractivity contribution >= 4 is 151 Å². The summed E-state index contributed by atoms with van der Waals surface area (Å²) in [7, 11) is -7.44. The van der Waals surface area contributed by atoms with Crippen molar-refractivity contribution in [3.8, 4) is 33.4 Å². The Hall–Kier alpha value is -11.8. The Balaban J connectivity index is 0.000000106. The number of hydrogen-bond donors (Lipinski definition) is 0. The molecule has 3 aliphatic heterocycles. The van der Waals surface area contributed by atoms with Crippen molar-refractivity contribution in [2.75, 3.05) is 0 Å². The van der Waals surface area contributed by atoms with Crippen LogP contribution in [0.4, 0.5) is 0 Å². The van der Waals surface area contributed by atoms with Crippen LogP contribution in [0.25, 0.3) is 98.0 Å². The summed E-state index contributed by atoms with van der Waals surface area (Å²) in [5, 5.41) is 33.9. The molecule has 0 bridgehead atoms. The van der Waals surface area contributed by atoms with Gasteiger partial charge in [-0.15, -0.1) is 0 Å². The second kappa shape index (κ2) is 24.5. The minimum atomic E-state index is -2.49. The predicted molar refractivity (Wildman–Crippen MR) is 446 cm³/mol. The Kier molecular flexibility index (Phi) is 14.7. The van der Waals surface area contributed by atoms with E-state index in [-0.39, 0.29) is 0 Å². The number of fused-ring (bicyclic) bond motifs is 21. The first-order valence-electron chi connectivity index (χ1n) is 35.9. The summed E-state index contributed by atoms with van der Waals surface area (Å²) in [6, 6.07) is 143. The highest BCUT2D eigenvalue weighted by Crippen LogP contribution is 2.43. The van der Waals surface area contributed by atoms with E-state index in [4.69, 9.17) is 0 Å². The maximum Gasteiger partial charge on any atom is 0.180 e. The highest BCUT2D eigenvalue weighted by molar-refractivity contribution is 7.24. The van der Waals surface area contributed by atoms with Crippen molar-refractivity contribution in [2.45, 2.75) is 20.8 Å². The Bertz CT molecular complexity index is 6150. The Morgan fingerprint density at radius 2 is 0.412 bits per heavy atom. The Labute approximate surface area is 599 Å². The summed E-state index contributed by atoms with van der Waals surface area (Å²) in [6.07, 6.45) is 0. The molecule has 18 aromatic carbocycles. The van der Waals surface area contributed by atoms with Gasteiger partial charge in [0.2, 0.25) is 0 Å². The molecule has 3 heterocycles. The normalized spacial score (nSPS) is 13.7. The molecular formula is C99H72Si3. The molecule has 480 valence electrons. The zero-order valence-electron chi connectivity index (χ0n) is 57.4. The zero-order valence-corrected chi connectivity index (χ0v) is 60.4. The van der Waals surface area contributed by atoms with Crippen molar-refractivity contribution in [3.05, 3.63) is 399 Å². The molecule has 0 aliphatic carbocycles. The van der Waals surface area contributed by atoms with Crippen LogP contribution in [0.3, 0.4) is 0 Å². The van der Waals surface area contributed by atoms with Gasteiger partial charge in [0.15, 0.2) is 24.2 Å². The molecule has 0 aromatic heterocycles. The van der Waals surface area contributed by atoms with Gasteiger partial charge >= 0.3 is 0 Å². The van der Waals surface area contributed by atoms with Gasteiger partial charge in [-0.3, -0.25) is 0 Å². The Morgan fingerprint density at radius 1 is 0.157 bits per heavy atom. The number of rotatable bonds is 6. The molecule has 0 saturated heterocycles. The van der Waals surface area contributed by atoms with Gasteiger partial charge in [0.25, 0.3) is 0 Å². The lowest BCUT2D eigenvalue weighted by molar-refractivity contribution is 1.51. The van der Waals surface area contributed by atoms with E-state index < -0.39 is 24.2 Å². The lowest BCUT2D eigenvalue weighted by Gasteiger charge is -2.31. The molecule has 3 aliphatic rings. The van der Waals surface area contributed by atoms with Crippen LogP contribution in [-0.4, -0.2) is 24.2 Å². The smallest absolute Gasteiger partial charge is 0.0623 e. The van der Waals surface area contributed by atoms with Crippen molar-refractivity contribution in [2.24, 2.45) is 0 Å². The quantitative estimate of drug-likeness (QED) is 0.146. The third-order valence-corrected chi connectivity index (χ3v) is 37.4. The molecule has 3 heteroatoms. The molecular weight excluding hydrogens is 1270 g/mol. The molecule has 0 atom stereocenters. The SMILES string of the molecule is Cc1cc2c(c3ccccc13)-c1c(ccc3ccccc13)[Si]2(c1ccccc1)c1ccccc1.Cc1ccc2c3c(ccc2c1)[Si](c1ccccc1)(c1ccccc1)c1ccc2ccccc2c1-3.Cc1cccc2c3c(ccc12)[Si](c1ccccc1)(c1ccccc1)c1ccc2ccccc2c1-3. The maximum atomic E-state index is 2.51. The summed E-state index contributed by atoms with van der Waals surface area (Å²) in [5.74, 6) is 0. The first-order chi connectivity index (χ1) is 50.4. The van der Waals surface area contributed by atoms with Gasteiger partial charge in [-0.25, -0.2) is 0 Å². The Morgan fingerprint density at radius 3 is 0.794 bits per heavy atom. The molecule has 0 radical (unpaired) electrons. The van der Waals surface area contributed by atoms with Crippen LogP contribution in [0, 0.1) is 20.8 Å². The van der Waals surface area contributed by atoms with Crippen molar-refractivity contribution in [1.82, 2.24) is 0 Å². The van der Waals surface area contributed by atoms with Crippen LogP contribution in [-0.2, 0) is 0 Å². The van der Waals surface area contributed by atoms with E-state index in [1.165, 1.54) is 177 Å². The standard InChI is InChI=1S/3C33H24Si/c1-23-22-31-33(29-19-11-10-17-27(23)29)32-28-18-9-8-12-24(28)20-21-30(32)34(31,25-13-4-2-5-14-25)26-15-6-3-7-16-26;1-23-11-10-18-29-27(23)20-22-31-33(29)32-28-17-9-8-12-24(28)19-21-30(32)34(31,25-13-4-2-5-14-25)26-15-6-3-7-16-26;1-23-16-19-29-25(22-23)18-21-31-33(29)32-28-15-9-8-10-24(28)17-20-30(32)34(31,26-11-4-2-5-12-26)27-13-6-3-7-14-27/h3*2-22H,1H3. The molecule has 18 aromatic rings. The van der Waals surface area contributed by atoms with Crippen LogP contribution >= 0.6 is 0 Å². The van der Waals surface area contributed by atoms with Crippen LogP contribution in [0.15, 0.2) is 382 Å². The van der Waals surface area contributed by atoms with Crippen LogP contribution in [0.2, 0.25) is 0 Å². The van der Waals surface area contributed by atoms with Crippen molar-refractivity contribution in [1.29, 1.82) is 0 Å². The molecule has 0 spiro atoms. The van der Waals surface area contributed by atoms with E-state index in [2.05, 4.69) is 403 Å². The minimum Gasteiger partial charge on any atom is -0.0623 e. The van der Waals surface area contributed by atoms with Gasteiger partial charge in [0, 0.05) is 0 Å². The summed E-state index contributed by atoms with van der Waals surface area (Å²) in [4.78, 5) is 0. The first-order valence-corrected chi connectivity index (χ1v) is 41.9. The number of hydrogen-bond acceptors (Lipinski definition) is 0. The molecule has 21 rings (SSSR count). The second-order valence-electron chi connectivity index (χ2n) is 28.1. The van der Waals surface area contributed by atoms with Gasteiger partial charge in [0.1, 0.15) is 0 Å². The molecule has 0 nitrogen and oxygen atoms in total. The fourth-order valence-electron chi connectivity index (χ4n) is 18.7. The van der Waals surface area contributed by atoms with Gasteiger partial charge in [-0.1, -0.05) is 388 Å². The molecule has 0 fully saturated rings. The third-order valence-electron chi connectivity index (χ3n) is 22.9. The van der Waals surface area contributed by atoms with Gasteiger partial charge in [-0.05, 0) is 192 Å². The molecule has 0 N–H and O–H groups in total. The summed E-state index contributed by atoms with van der Waals surface area (Å²) in [5.41, 5.74) is 12.6. The van der Waals surface area contributed by atoms with Crippen LogP contribution in [0.5, 0.6) is 0 Å². The second-order valence-corrected chi connectivity index (χ2v) is 39.3. The average Bonchev–Trinajstić information content (AvgIpc) is 1.54. The van der Waals surface area contributed by atoms with Crippen molar-refractivity contribution in [3.63, 3.8) is 0 Å². The summed E-state index contributed by atoms with van der Waals surface area (Å²) < 4.78 is 0. The average molecular weight is 1350 g/mol.